The molecule has 0 radical (unpaired) electrons. The lowest BCUT2D eigenvalue weighted by atomic mass is 10.2. The van der Waals surface area contributed by atoms with Crippen LogP contribution >= 0.6 is 23.4 Å². The predicted molar refractivity (Wildman–Crippen MR) is 80.6 cm³/mol. The minimum atomic E-state index is -4.53. The molecule has 0 bridgehead atoms. The monoisotopic (exact) mass is 348 g/mol. The van der Waals surface area contributed by atoms with E-state index < -0.39 is 15.6 Å². The summed E-state index contributed by atoms with van der Waals surface area (Å²) in [6.45, 7) is 0. The van der Waals surface area contributed by atoms with Crippen molar-refractivity contribution in [3.63, 3.8) is 0 Å². The normalized spacial score (nSPS) is 11.8. The van der Waals surface area contributed by atoms with E-state index in [0.29, 0.717) is 10.8 Å². The van der Waals surface area contributed by atoms with Gasteiger partial charge in [-0.3, -0.25) is 0 Å². The fraction of sp³-hybridized carbons (Fsp3) is 0.143. The van der Waals surface area contributed by atoms with Gasteiger partial charge in [-0.1, -0.05) is 35.9 Å². The molecule has 0 heterocycles. The lowest BCUT2D eigenvalue weighted by Gasteiger charge is -2.06. The van der Waals surface area contributed by atoms with Gasteiger partial charge in [-0.2, -0.15) is 8.78 Å². The van der Waals surface area contributed by atoms with Crippen LogP contribution in [0.1, 0.15) is 5.56 Å². The van der Waals surface area contributed by atoms with Crippen LogP contribution in [0.15, 0.2) is 58.3 Å². The molecule has 0 aliphatic carbocycles. The zero-order chi connectivity index (χ0) is 15.5. The third-order valence-corrected chi connectivity index (χ3v) is 5.70. The zero-order valence-electron chi connectivity index (χ0n) is 10.7. The number of rotatable bonds is 5. The van der Waals surface area contributed by atoms with Gasteiger partial charge in [0.05, 0.1) is 9.92 Å². The second-order valence-electron chi connectivity index (χ2n) is 4.17. The van der Waals surface area contributed by atoms with Gasteiger partial charge in [-0.15, -0.1) is 11.8 Å². The summed E-state index contributed by atoms with van der Waals surface area (Å²) in [5.74, 6) is -2.83. The number of benzene rings is 2. The van der Waals surface area contributed by atoms with Crippen molar-refractivity contribution in [3.05, 3.63) is 59.1 Å². The van der Waals surface area contributed by atoms with E-state index in [1.165, 1.54) is 36.0 Å². The van der Waals surface area contributed by atoms with Crippen molar-refractivity contribution < 1.29 is 17.2 Å². The van der Waals surface area contributed by atoms with Crippen LogP contribution in [0.5, 0.6) is 0 Å². The second-order valence-corrected chi connectivity index (χ2v) is 7.51. The molecule has 7 heteroatoms. The Bertz CT molecular complexity index is 716. The lowest BCUT2D eigenvalue weighted by Crippen LogP contribution is -2.11. The van der Waals surface area contributed by atoms with Crippen LogP contribution in [-0.2, 0) is 15.6 Å². The number of halogens is 3. The fourth-order valence-corrected chi connectivity index (χ4v) is 3.52. The fourth-order valence-electron chi connectivity index (χ4n) is 1.60. The summed E-state index contributed by atoms with van der Waals surface area (Å²) in [7, 11) is -4.53. The Labute approximate surface area is 131 Å². The summed E-state index contributed by atoms with van der Waals surface area (Å²) in [6.07, 6.45) is 0. The SMILES string of the molecule is O=S(=O)(c1ccc(CSc2ccccc2Cl)cc1)C(F)F. The van der Waals surface area contributed by atoms with Crippen LogP contribution < -0.4 is 0 Å². The van der Waals surface area contributed by atoms with E-state index in [4.69, 9.17) is 11.6 Å². The minimum Gasteiger partial charge on any atom is -0.218 e. The number of hydrogen-bond donors (Lipinski definition) is 0. The van der Waals surface area contributed by atoms with Crippen molar-refractivity contribution in [2.75, 3.05) is 0 Å². The van der Waals surface area contributed by atoms with E-state index in [0.717, 1.165) is 10.5 Å². The summed E-state index contributed by atoms with van der Waals surface area (Å²) in [4.78, 5) is 0.535. The molecule has 0 atom stereocenters. The van der Waals surface area contributed by atoms with Gasteiger partial charge in [0.2, 0.25) is 9.84 Å². The average Bonchev–Trinajstić information content (AvgIpc) is 2.46. The van der Waals surface area contributed by atoms with Crippen LogP contribution in [0.2, 0.25) is 5.02 Å². The van der Waals surface area contributed by atoms with Crippen molar-refractivity contribution in [2.24, 2.45) is 0 Å². The highest BCUT2D eigenvalue weighted by Gasteiger charge is 2.26. The molecule has 2 aromatic carbocycles. The Hall–Kier alpha value is -1.11. The van der Waals surface area contributed by atoms with Gasteiger partial charge in [-0.25, -0.2) is 8.42 Å². The first-order valence-electron chi connectivity index (χ1n) is 5.89. The van der Waals surface area contributed by atoms with Crippen molar-refractivity contribution >= 4 is 33.2 Å². The van der Waals surface area contributed by atoms with Gasteiger partial charge >= 0.3 is 5.76 Å². The maximum atomic E-state index is 12.4. The third-order valence-electron chi connectivity index (χ3n) is 2.72. The standard InChI is InChI=1S/C14H11ClF2O2S2/c15-12-3-1-2-4-13(12)20-9-10-5-7-11(8-6-10)21(18,19)14(16)17/h1-8,14H,9H2. The van der Waals surface area contributed by atoms with E-state index in [1.807, 2.05) is 18.2 Å². The first-order chi connectivity index (χ1) is 9.91. The van der Waals surface area contributed by atoms with Crippen LogP contribution in [0.3, 0.4) is 0 Å². The van der Waals surface area contributed by atoms with Crippen molar-refractivity contribution in [1.29, 1.82) is 0 Å². The highest BCUT2D eigenvalue weighted by atomic mass is 35.5. The van der Waals surface area contributed by atoms with Gasteiger partial charge in [0.1, 0.15) is 0 Å². The van der Waals surface area contributed by atoms with Gasteiger partial charge in [0.15, 0.2) is 0 Å². The number of sulfone groups is 1. The molecule has 2 nitrogen and oxygen atoms in total. The molecule has 0 aliphatic rings. The molecular formula is C14H11ClF2O2S2. The Morgan fingerprint density at radius 2 is 1.67 bits per heavy atom. The van der Waals surface area contributed by atoms with Gasteiger partial charge in [0, 0.05) is 10.6 Å². The molecular weight excluding hydrogens is 338 g/mol. The summed E-state index contributed by atoms with van der Waals surface area (Å²) >= 11 is 7.52. The number of alkyl halides is 2. The van der Waals surface area contributed by atoms with E-state index in [9.17, 15) is 17.2 Å². The third kappa shape index (κ3) is 3.96. The van der Waals surface area contributed by atoms with E-state index in [2.05, 4.69) is 0 Å². The summed E-state index contributed by atoms with van der Waals surface area (Å²) in [5, 5.41) is 0.638. The van der Waals surface area contributed by atoms with Crippen molar-refractivity contribution in [2.45, 2.75) is 21.3 Å². The van der Waals surface area contributed by atoms with Crippen LogP contribution in [0.4, 0.5) is 8.78 Å². The summed E-state index contributed by atoms with van der Waals surface area (Å²) in [6, 6.07) is 12.8. The number of hydrogen-bond acceptors (Lipinski definition) is 3. The van der Waals surface area contributed by atoms with E-state index in [-0.39, 0.29) is 4.90 Å². The summed E-state index contributed by atoms with van der Waals surface area (Å²) < 4.78 is 47.4. The highest BCUT2D eigenvalue weighted by molar-refractivity contribution is 7.98. The topological polar surface area (TPSA) is 34.1 Å². The molecule has 2 rings (SSSR count). The minimum absolute atomic E-state index is 0.371. The number of thioether (sulfide) groups is 1. The molecule has 0 aromatic heterocycles. The lowest BCUT2D eigenvalue weighted by molar-refractivity contribution is 0.234. The molecule has 112 valence electrons. The average molecular weight is 349 g/mol. The zero-order valence-corrected chi connectivity index (χ0v) is 13.1. The van der Waals surface area contributed by atoms with E-state index >= 15 is 0 Å². The first-order valence-corrected chi connectivity index (χ1v) is 8.80. The molecule has 2 aromatic rings. The smallest absolute Gasteiger partial charge is 0.218 e. The van der Waals surface area contributed by atoms with Crippen LogP contribution in [0.25, 0.3) is 0 Å². The van der Waals surface area contributed by atoms with E-state index in [1.54, 1.807) is 6.07 Å². The van der Waals surface area contributed by atoms with Gasteiger partial charge in [-0.05, 0) is 29.8 Å². The summed E-state index contributed by atoms with van der Waals surface area (Å²) in [5.41, 5.74) is 0.827. The maximum Gasteiger partial charge on any atom is 0.341 e. The molecule has 0 saturated heterocycles. The predicted octanol–water partition coefficient (Wildman–Crippen LogP) is 4.63. The molecule has 0 unspecified atom stereocenters. The molecule has 0 N–H and O–H groups in total. The van der Waals surface area contributed by atoms with Crippen molar-refractivity contribution in [1.82, 2.24) is 0 Å². The Morgan fingerprint density at radius 3 is 2.24 bits per heavy atom. The Kier molecular flexibility index (Phi) is 5.24. The Morgan fingerprint density at radius 1 is 1.05 bits per heavy atom. The first kappa shape index (κ1) is 16.3. The van der Waals surface area contributed by atoms with Crippen LogP contribution in [-0.4, -0.2) is 14.2 Å². The van der Waals surface area contributed by atoms with Crippen molar-refractivity contribution in [3.8, 4) is 0 Å². The molecule has 0 amide bonds. The second kappa shape index (κ2) is 6.77. The Balaban J connectivity index is 2.09. The quantitative estimate of drug-likeness (QED) is 0.739. The molecule has 0 saturated carbocycles. The largest absolute Gasteiger partial charge is 0.341 e. The molecule has 21 heavy (non-hydrogen) atoms. The molecule has 0 spiro atoms. The van der Waals surface area contributed by atoms with Gasteiger partial charge < -0.3 is 0 Å². The van der Waals surface area contributed by atoms with Gasteiger partial charge in [0.25, 0.3) is 0 Å². The molecule has 0 aliphatic heterocycles. The van der Waals surface area contributed by atoms with Crippen LogP contribution in [0, 0.1) is 0 Å². The maximum absolute atomic E-state index is 12.4. The molecule has 0 fully saturated rings. The highest BCUT2D eigenvalue weighted by Crippen LogP contribution is 2.29.